The van der Waals surface area contributed by atoms with Gasteiger partial charge in [-0.25, -0.2) is 25.3 Å². The smallest absolute Gasteiger partial charge is 0.726 e. The van der Waals surface area contributed by atoms with Crippen LogP contribution in [0, 0.1) is 41.7 Å². The maximum absolute atomic E-state index is 9.45. The van der Waals surface area contributed by atoms with E-state index >= 15 is 0 Å². The van der Waals surface area contributed by atoms with Gasteiger partial charge in [0.05, 0.1) is 19.8 Å². The number of rotatable bonds is 6. The molecular formula is C6H15CeO12S3. The van der Waals surface area contributed by atoms with E-state index in [0.717, 1.165) is 0 Å². The van der Waals surface area contributed by atoms with Gasteiger partial charge in [0.2, 0.25) is 31.2 Å². The van der Waals surface area contributed by atoms with Gasteiger partial charge in [-0.2, -0.15) is 0 Å². The van der Waals surface area contributed by atoms with E-state index < -0.39 is 31.2 Å². The summed E-state index contributed by atoms with van der Waals surface area (Å²) in [5.41, 5.74) is 0. The Labute approximate surface area is 163 Å². The topological polar surface area (TPSA) is 199 Å². The molecule has 0 unspecified atom stereocenters. The van der Waals surface area contributed by atoms with Gasteiger partial charge in [-0.05, 0) is 20.8 Å². The largest absolute Gasteiger partial charge is 3.00 e. The molecule has 0 fully saturated rings. The van der Waals surface area contributed by atoms with Crippen LogP contribution in [0.2, 0.25) is 0 Å². The van der Waals surface area contributed by atoms with Crippen LogP contribution < -0.4 is 0 Å². The molecular weight excluding hydrogens is 500 g/mol. The first kappa shape index (κ1) is 30.8. The van der Waals surface area contributed by atoms with Crippen molar-refractivity contribution in [3.63, 3.8) is 0 Å². The first-order valence-corrected chi connectivity index (χ1v) is 8.99. The van der Waals surface area contributed by atoms with Crippen molar-refractivity contribution >= 4 is 31.2 Å². The first-order valence-electron chi connectivity index (χ1n) is 4.99. The normalized spacial score (nSPS) is 11.2. The second-order valence-electron chi connectivity index (χ2n) is 2.44. The minimum absolute atomic E-state index is 0. The van der Waals surface area contributed by atoms with E-state index in [1.165, 1.54) is 20.8 Å². The fourth-order valence-electron chi connectivity index (χ4n) is 0.433. The third kappa shape index (κ3) is 49.7. The van der Waals surface area contributed by atoms with E-state index in [9.17, 15) is 38.9 Å². The monoisotopic (exact) mass is 515 g/mol. The molecule has 133 valence electrons. The SMILES string of the molecule is CCOS(=O)(=O)[O-].CCOS(=O)(=O)[O-].CCOS(=O)(=O)[O-].[Ce+3]. The minimum atomic E-state index is -4.42. The molecule has 0 N–H and O–H groups in total. The van der Waals surface area contributed by atoms with Gasteiger partial charge >= 0.3 is 41.7 Å². The maximum atomic E-state index is 9.45. The molecule has 0 aliphatic rings. The van der Waals surface area contributed by atoms with Crippen molar-refractivity contribution in [2.24, 2.45) is 0 Å². The van der Waals surface area contributed by atoms with E-state index in [4.69, 9.17) is 0 Å². The average Bonchev–Trinajstić information content (AvgIpc) is 2.12. The van der Waals surface area contributed by atoms with Crippen LogP contribution in [0.1, 0.15) is 20.8 Å². The molecule has 22 heavy (non-hydrogen) atoms. The number of hydrogen-bond acceptors (Lipinski definition) is 12. The summed E-state index contributed by atoms with van der Waals surface area (Å²) in [7, 11) is -13.3. The molecule has 16 heteroatoms. The van der Waals surface area contributed by atoms with Gasteiger partial charge in [0.25, 0.3) is 0 Å². The molecule has 0 aromatic rings. The van der Waals surface area contributed by atoms with Crippen LogP contribution in [0.15, 0.2) is 0 Å². The zero-order valence-electron chi connectivity index (χ0n) is 11.7. The second-order valence-corrected chi connectivity index (χ2v) is 5.60. The maximum Gasteiger partial charge on any atom is 3.00 e. The fourth-order valence-corrected chi connectivity index (χ4v) is 1.30. The van der Waals surface area contributed by atoms with Crippen molar-refractivity contribution in [1.82, 2.24) is 0 Å². The zero-order valence-corrected chi connectivity index (χ0v) is 17.3. The van der Waals surface area contributed by atoms with Gasteiger partial charge in [0.15, 0.2) is 0 Å². The van der Waals surface area contributed by atoms with Crippen LogP contribution in [0.4, 0.5) is 0 Å². The third-order valence-corrected chi connectivity index (χ3v) is 2.36. The number of hydrogen-bond donors (Lipinski definition) is 0. The van der Waals surface area contributed by atoms with E-state index in [1.807, 2.05) is 0 Å². The van der Waals surface area contributed by atoms with Gasteiger partial charge in [-0.3, -0.25) is 12.5 Å². The van der Waals surface area contributed by atoms with Crippen LogP contribution in [0.25, 0.3) is 0 Å². The van der Waals surface area contributed by atoms with E-state index in [0.29, 0.717) is 0 Å². The Hall–Kier alpha value is 0.987. The molecule has 0 rings (SSSR count). The molecule has 0 saturated heterocycles. The molecule has 0 bridgehead atoms. The second kappa shape index (κ2) is 15.5. The van der Waals surface area contributed by atoms with Gasteiger partial charge in [0.1, 0.15) is 0 Å². The van der Waals surface area contributed by atoms with Crippen LogP contribution in [-0.2, 0) is 43.7 Å². The van der Waals surface area contributed by atoms with Crippen molar-refractivity contribution in [2.45, 2.75) is 20.8 Å². The van der Waals surface area contributed by atoms with Gasteiger partial charge < -0.3 is 13.7 Å². The van der Waals surface area contributed by atoms with Crippen molar-refractivity contribution < 1.29 is 93.2 Å². The van der Waals surface area contributed by atoms with Crippen molar-refractivity contribution in [2.75, 3.05) is 19.8 Å². The summed E-state index contributed by atoms with van der Waals surface area (Å²) in [6.07, 6.45) is 0. The fraction of sp³-hybridized carbons (Fsp3) is 1.00. The van der Waals surface area contributed by atoms with Crippen LogP contribution >= 0.6 is 0 Å². The van der Waals surface area contributed by atoms with Crippen molar-refractivity contribution in [3.05, 3.63) is 0 Å². The van der Waals surface area contributed by atoms with Crippen LogP contribution in [0.3, 0.4) is 0 Å². The van der Waals surface area contributed by atoms with Crippen LogP contribution in [-0.4, -0.2) is 58.7 Å². The predicted molar refractivity (Wildman–Crippen MR) is 64.0 cm³/mol. The average molecular weight is 515 g/mol. The molecule has 0 saturated carbocycles. The minimum Gasteiger partial charge on any atom is -0.726 e. The predicted octanol–water partition coefficient (Wildman–Crippen LogP) is -1.55. The van der Waals surface area contributed by atoms with E-state index in [1.54, 1.807) is 0 Å². The summed E-state index contributed by atoms with van der Waals surface area (Å²) in [6.45, 7) is 4.00. The van der Waals surface area contributed by atoms with E-state index in [-0.39, 0.29) is 61.6 Å². The van der Waals surface area contributed by atoms with E-state index in [2.05, 4.69) is 12.5 Å². The van der Waals surface area contributed by atoms with Crippen molar-refractivity contribution in [3.8, 4) is 0 Å². The van der Waals surface area contributed by atoms with Gasteiger partial charge in [-0.1, -0.05) is 0 Å². The Morgan fingerprint density at radius 2 is 0.727 bits per heavy atom. The third-order valence-electron chi connectivity index (χ3n) is 0.787. The molecule has 0 aliphatic heterocycles. The first-order chi connectivity index (χ1) is 9.18. The molecule has 0 amide bonds. The Kier molecular flexibility index (Phi) is 21.7. The summed E-state index contributed by atoms with van der Waals surface area (Å²) in [5, 5.41) is 0. The molecule has 1 radical (unpaired) electrons. The molecule has 0 atom stereocenters. The Bertz CT molecular complexity index is 455. The molecule has 0 spiro atoms. The molecule has 0 aliphatic carbocycles. The Balaban J connectivity index is -0.000000108. The van der Waals surface area contributed by atoms with Gasteiger partial charge in [-0.15, -0.1) is 0 Å². The zero-order chi connectivity index (χ0) is 17.7. The molecule has 0 aromatic heterocycles. The molecule has 12 nitrogen and oxygen atoms in total. The van der Waals surface area contributed by atoms with Crippen LogP contribution in [0.5, 0.6) is 0 Å². The van der Waals surface area contributed by atoms with Gasteiger partial charge in [0, 0.05) is 0 Å². The summed E-state index contributed by atoms with van der Waals surface area (Å²) in [4.78, 5) is 0. The molecule has 0 heterocycles. The Morgan fingerprint density at radius 3 is 0.727 bits per heavy atom. The summed E-state index contributed by atoms with van der Waals surface area (Å²) in [5.74, 6) is 0. The summed E-state index contributed by atoms with van der Waals surface area (Å²) < 4.78 is 96.0. The standard InChI is InChI=1S/3C2H6O4S.Ce/c3*1-2-6-7(3,4)5;/h3*2H2,1H3,(H,3,4,5);/q;;;+3/p-3. The summed E-state index contributed by atoms with van der Waals surface area (Å²) >= 11 is 0. The molecule has 0 aromatic carbocycles. The Morgan fingerprint density at radius 1 is 0.591 bits per heavy atom. The quantitative estimate of drug-likeness (QED) is 0.292. The summed E-state index contributed by atoms with van der Waals surface area (Å²) in [6, 6.07) is 0. The van der Waals surface area contributed by atoms with Crippen molar-refractivity contribution in [1.29, 1.82) is 0 Å².